The zero-order valence-corrected chi connectivity index (χ0v) is 14.6. The van der Waals surface area contributed by atoms with Crippen LogP contribution in [0.25, 0.3) is 0 Å². The van der Waals surface area contributed by atoms with Gasteiger partial charge in [0.25, 0.3) is 0 Å². The van der Waals surface area contributed by atoms with Crippen molar-refractivity contribution in [3.63, 3.8) is 0 Å². The van der Waals surface area contributed by atoms with E-state index < -0.39 is 0 Å². The van der Waals surface area contributed by atoms with Crippen molar-refractivity contribution in [2.24, 2.45) is 0 Å². The van der Waals surface area contributed by atoms with Gasteiger partial charge in [-0.2, -0.15) is 0 Å². The van der Waals surface area contributed by atoms with Gasteiger partial charge in [0.1, 0.15) is 0 Å². The first-order chi connectivity index (χ1) is 9.63. The molecular weight excluding hydrogens is 316 g/mol. The number of nitrogens with one attached hydrogen (secondary N) is 1. The fraction of sp³-hybridized carbons (Fsp3) is 0.625. The molecule has 0 aromatic heterocycles. The molecule has 1 rings (SSSR count). The molecule has 0 amide bonds. The molecule has 0 aliphatic rings. The second kappa shape index (κ2) is 9.50. The molecule has 0 bridgehead atoms. The smallest absolute Gasteiger partial charge is 0.0615 e. The van der Waals surface area contributed by atoms with E-state index in [4.69, 9.17) is 4.74 Å². The molecule has 20 heavy (non-hydrogen) atoms. The highest BCUT2D eigenvalue weighted by molar-refractivity contribution is 9.10. The highest BCUT2D eigenvalue weighted by Crippen LogP contribution is 2.25. The maximum absolute atomic E-state index is 5.26. The minimum Gasteiger partial charge on any atom is -0.383 e. The molecular formula is C16H27BrN2O. The molecule has 0 aliphatic heterocycles. The van der Waals surface area contributed by atoms with E-state index >= 15 is 0 Å². The summed E-state index contributed by atoms with van der Waals surface area (Å²) in [4.78, 5) is 2.46. The van der Waals surface area contributed by atoms with Crippen LogP contribution in [0, 0.1) is 0 Å². The predicted octanol–water partition coefficient (Wildman–Crippen LogP) is 3.46. The second-order valence-corrected chi connectivity index (χ2v) is 5.94. The van der Waals surface area contributed by atoms with Gasteiger partial charge in [0.2, 0.25) is 0 Å². The Bertz CT molecular complexity index is 386. The van der Waals surface area contributed by atoms with Gasteiger partial charge in [-0.15, -0.1) is 0 Å². The van der Waals surface area contributed by atoms with E-state index in [0.717, 1.165) is 26.1 Å². The van der Waals surface area contributed by atoms with Crippen LogP contribution in [0.3, 0.4) is 0 Å². The van der Waals surface area contributed by atoms with Crippen molar-refractivity contribution in [2.45, 2.75) is 32.4 Å². The molecule has 0 spiro atoms. The third-order valence-corrected chi connectivity index (χ3v) is 4.49. The lowest BCUT2D eigenvalue weighted by Crippen LogP contribution is -2.38. The van der Waals surface area contributed by atoms with Crippen molar-refractivity contribution in [1.29, 1.82) is 0 Å². The Kier molecular flexibility index (Phi) is 8.38. The van der Waals surface area contributed by atoms with Gasteiger partial charge in [-0.3, -0.25) is 4.90 Å². The van der Waals surface area contributed by atoms with Crippen LogP contribution in [0.5, 0.6) is 0 Å². The molecule has 2 unspecified atom stereocenters. The summed E-state index contributed by atoms with van der Waals surface area (Å²) in [6, 6.07) is 9.26. The Morgan fingerprint density at radius 2 is 2.05 bits per heavy atom. The van der Waals surface area contributed by atoms with Gasteiger partial charge in [-0.25, -0.2) is 0 Å². The zero-order valence-electron chi connectivity index (χ0n) is 13.0. The number of halogens is 1. The van der Waals surface area contributed by atoms with E-state index in [0.29, 0.717) is 12.1 Å². The highest BCUT2D eigenvalue weighted by atomic mass is 79.9. The zero-order chi connectivity index (χ0) is 15.0. The summed E-state index contributed by atoms with van der Waals surface area (Å²) in [5, 5.41) is 3.42. The molecule has 0 saturated carbocycles. The summed E-state index contributed by atoms with van der Waals surface area (Å²) in [5.74, 6) is 0. The normalized spacial score (nSPS) is 14.5. The van der Waals surface area contributed by atoms with Gasteiger partial charge in [-0.05, 0) is 38.6 Å². The summed E-state index contributed by atoms with van der Waals surface area (Å²) in [7, 11) is 3.79. The molecule has 0 aliphatic carbocycles. The number of ether oxygens (including phenoxy) is 1. The molecule has 1 aromatic carbocycles. The van der Waals surface area contributed by atoms with Crippen LogP contribution in [0.2, 0.25) is 0 Å². The Morgan fingerprint density at radius 1 is 1.35 bits per heavy atom. The molecule has 3 nitrogen and oxygen atoms in total. The summed E-state index contributed by atoms with van der Waals surface area (Å²) >= 11 is 3.64. The van der Waals surface area contributed by atoms with Crippen LogP contribution in [-0.4, -0.2) is 44.8 Å². The Balaban J connectivity index is 2.63. The fourth-order valence-corrected chi connectivity index (χ4v) is 3.11. The van der Waals surface area contributed by atoms with Gasteiger partial charge in [0, 0.05) is 30.2 Å². The molecule has 0 heterocycles. The quantitative estimate of drug-likeness (QED) is 0.743. The van der Waals surface area contributed by atoms with Gasteiger partial charge in [-0.1, -0.05) is 41.1 Å². The summed E-state index contributed by atoms with van der Waals surface area (Å²) in [6.07, 6.45) is 1.08. The first-order valence-corrected chi connectivity index (χ1v) is 8.08. The van der Waals surface area contributed by atoms with Gasteiger partial charge in [0.05, 0.1) is 6.61 Å². The maximum atomic E-state index is 5.26. The molecule has 1 N–H and O–H groups in total. The summed E-state index contributed by atoms with van der Waals surface area (Å²) < 4.78 is 6.43. The Labute approximate surface area is 131 Å². The molecule has 114 valence electrons. The minimum absolute atomic E-state index is 0.370. The SMILES string of the molecule is CCN(CCC(NC)c1ccccc1Br)C(C)COC. The second-order valence-electron chi connectivity index (χ2n) is 5.08. The van der Waals surface area contributed by atoms with E-state index in [1.54, 1.807) is 7.11 Å². The largest absolute Gasteiger partial charge is 0.383 e. The van der Waals surface area contributed by atoms with Crippen molar-refractivity contribution >= 4 is 15.9 Å². The van der Waals surface area contributed by atoms with Crippen molar-refractivity contribution < 1.29 is 4.74 Å². The lowest BCUT2D eigenvalue weighted by atomic mass is 10.0. The number of methoxy groups -OCH3 is 1. The number of nitrogens with zero attached hydrogens (tertiary/aromatic N) is 1. The predicted molar refractivity (Wildman–Crippen MR) is 89.1 cm³/mol. The number of rotatable bonds is 9. The Hall–Kier alpha value is -0.420. The fourth-order valence-electron chi connectivity index (χ4n) is 2.54. The monoisotopic (exact) mass is 342 g/mol. The van der Waals surface area contributed by atoms with Crippen molar-refractivity contribution in [2.75, 3.05) is 33.9 Å². The van der Waals surface area contributed by atoms with Gasteiger partial charge in [0.15, 0.2) is 0 Å². The molecule has 1 aromatic rings. The van der Waals surface area contributed by atoms with Crippen LogP contribution in [0.4, 0.5) is 0 Å². The van der Waals surface area contributed by atoms with Crippen LogP contribution < -0.4 is 5.32 Å². The van der Waals surface area contributed by atoms with Gasteiger partial charge >= 0.3 is 0 Å². The first-order valence-electron chi connectivity index (χ1n) is 7.28. The van der Waals surface area contributed by atoms with E-state index in [1.165, 1.54) is 10.0 Å². The molecule has 2 atom stereocenters. The maximum Gasteiger partial charge on any atom is 0.0615 e. The number of likely N-dealkylation sites (N-methyl/N-ethyl adjacent to an activating group) is 1. The van der Waals surface area contributed by atoms with Crippen molar-refractivity contribution in [1.82, 2.24) is 10.2 Å². The Morgan fingerprint density at radius 3 is 2.60 bits per heavy atom. The van der Waals surface area contributed by atoms with Crippen molar-refractivity contribution in [3.05, 3.63) is 34.3 Å². The topological polar surface area (TPSA) is 24.5 Å². The molecule has 0 saturated heterocycles. The number of hydrogen-bond donors (Lipinski definition) is 1. The molecule has 4 heteroatoms. The average Bonchev–Trinajstić information content (AvgIpc) is 2.45. The number of benzene rings is 1. The first kappa shape index (κ1) is 17.6. The summed E-state index contributed by atoms with van der Waals surface area (Å²) in [5.41, 5.74) is 1.32. The van der Waals surface area contributed by atoms with E-state index in [2.05, 4.69) is 64.3 Å². The molecule has 0 fully saturated rings. The minimum atomic E-state index is 0.370. The standard InChI is InChI=1S/C16H27BrN2O/c1-5-19(13(2)12-20-4)11-10-16(18-3)14-8-6-7-9-15(14)17/h6-9,13,16,18H,5,10-12H2,1-4H3. The van der Waals surface area contributed by atoms with Crippen LogP contribution >= 0.6 is 15.9 Å². The van der Waals surface area contributed by atoms with Crippen LogP contribution in [0.15, 0.2) is 28.7 Å². The van der Waals surface area contributed by atoms with E-state index in [9.17, 15) is 0 Å². The van der Waals surface area contributed by atoms with E-state index in [-0.39, 0.29) is 0 Å². The van der Waals surface area contributed by atoms with Crippen LogP contribution in [-0.2, 0) is 4.74 Å². The average molecular weight is 343 g/mol. The number of hydrogen-bond acceptors (Lipinski definition) is 3. The van der Waals surface area contributed by atoms with Crippen molar-refractivity contribution in [3.8, 4) is 0 Å². The molecule has 0 radical (unpaired) electrons. The third-order valence-electron chi connectivity index (χ3n) is 3.77. The van der Waals surface area contributed by atoms with Gasteiger partial charge < -0.3 is 10.1 Å². The van der Waals surface area contributed by atoms with E-state index in [1.807, 2.05) is 7.05 Å². The summed E-state index contributed by atoms with van der Waals surface area (Å²) in [6.45, 7) is 7.33. The van der Waals surface area contributed by atoms with Crippen LogP contribution in [0.1, 0.15) is 31.9 Å². The highest BCUT2D eigenvalue weighted by Gasteiger charge is 2.16. The lowest BCUT2D eigenvalue weighted by Gasteiger charge is -2.29. The third kappa shape index (κ3) is 5.17. The lowest BCUT2D eigenvalue weighted by molar-refractivity contribution is 0.0998.